The van der Waals surface area contributed by atoms with Crippen molar-refractivity contribution < 1.29 is 23.9 Å². The second kappa shape index (κ2) is 9.25. The summed E-state index contributed by atoms with van der Waals surface area (Å²) in [5, 5.41) is 3.37. The second-order valence-electron chi connectivity index (χ2n) is 7.19. The van der Waals surface area contributed by atoms with Gasteiger partial charge in [-0.2, -0.15) is 0 Å². The van der Waals surface area contributed by atoms with Crippen molar-refractivity contribution in [2.75, 3.05) is 18.6 Å². The second-order valence-corrected chi connectivity index (χ2v) is 7.58. The van der Waals surface area contributed by atoms with Crippen LogP contribution in [0.5, 0.6) is 5.75 Å². The highest BCUT2D eigenvalue weighted by atomic mass is 32.1. The van der Waals surface area contributed by atoms with E-state index in [9.17, 15) is 14.4 Å². The molecule has 0 bridgehead atoms. The molecule has 1 fully saturated rings. The monoisotopic (exact) mass is 463 g/mol. The summed E-state index contributed by atoms with van der Waals surface area (Å²) in [7, 11) is 1.32. The molecule has 3 aromatic rings. The maximum absolute atomic E-state index is 13.3. The fourth-order valence-electron chi connectivity index (χ4n) is 3.63. The first-order valence-electron chi connectivity index (χ1n) is 10.2. The number of aromatic nitrogens is 1. The van der Waals surface area contributed by atoms with Gasteiger partial charge < -0.3 is 14.0 Å². The van der Waals surface area contributed by atoms with Crippen molar-refractivity contribution in [2.45, 2.75) is 13.5 Å². The number of nitrogens with one attached hydrogen (secondary N) is 1. The Hall–Kier alpha value is -3.98. The van der Waals surface area contributed by atoms with Crippen molar-refractivity contribution in [1.82, 2.24) is 9.88 Å². The minimum absolute atomic E-state index is 0.000528. The third-order valence-electron chi connectivity index (χ3n) is 5.15. The molecule has 1 N–H and O–H groups in total. The SMILES string of the molecule is CCOc1ccc(N2C(=O)/C(=C\c3cn(CC(=O)OC)c4ccccc34)C(=O)NC2=S)cc1. The number of benzene rings is 2. The molecule has 0 atom stereocenters. The lowest BCUT2D eigenvalue weighted by Gasteiger charge is -2.29. The van der Waals surface area contributed by atoms with Crippen LogP contribution in [0, 0.1) is 0 Å². The average molecular weight is 464 g/mol. The summed E-state index contributed by atoms with van der Waals surface area (Å²) in [5.74, 6) is -0.877. The Kier molecular flexibility index (Phi) is 6.23. The van der Waals surface area contributed by atoms with Crippen LogP contribution in [0.1, 0.15) is 12.5 Å². The highest BCUT2D eigenvalue weighted by Crippen LogP contribution is 2.27. The van der Waals surface area contributed by atoms with Crippen molar-refractivity contribution in [1.29, 1.82) is 0 Å². The number of nitrogens with zero attached hydrogens (tertiary/aromatic N) is 2. The van der Waals surface area contributed by atoms with Crippen LogP contribution in [0.2, 0.25) is 0 Å². The summed E-state index contributed by atoms with van der Waals surface area (Å²) in [6.45, 7) is 2.40. The summed E-state index contributed by atoms with van der Waals surface area (Å²) in [6, 6.07) is 14.3. The minimum atomic E-state index is -0.586. The molecule has 0 spiro atoms. The number of rotatable bonds is 6. The van der Waals surface area contributed by atoms with Gasteiger partial charge in [0.15, 0.2) is 5.11 Å². The largest absolute Gasteiger partial charge is 0.494 e. The van der Waals surface area contributed by atoms with Gasteiger partial charge in [-0.25, -0.2) is 0 Å². The van der Waals surface area contributed by atoms with Gasteiger partial charge in [0.05, 0.1) is 19.4 Å². The van der Waals surface area contributed by atoms with Gasteiger partial charge in [0.1, 0.15) is 17.9 Å². The number of carbonyl (C=O) groups excluding carboxylic acids is 3. The molecule has 8 nitrogen and oxygen atoms in total. The summed E-state index contributed by atoms with van der Waals surface area (Å²) >= 11 is 5.27. The Labute approximate surface area is 195 Å². The summed E-state index contributed by atoms with van der Waals surface area (Å²) in [6.07, 6.45) is 3.22. The molecule has 2 aromatic carbocycles. The fourth-order valence-corrected chi connectivity index (χ4v) is 3.91. The smallest absolute Gasteiger partial charge is 0.325 e. The third kappa shape index (κ3) is 4.35. The third-order valence-corrected chi connectivity index (χ3v) is 5.44. The molecule has 1 aromatic heterocycles. The molecular formula is C24H21N3O5S. The van der Waals surface area contributed by atoms with Gasteiger partial charge >= 0.3 is 5.97 Å². The molecule has 168 valence electrons. The van der Waals surface area contributed by atoms with E-state index >= 15 is 0 Å². The Morgan fingerprint density at radius 1 is 1.12 bits per heavy atom. The van der Waals surface area contributed by atoms with Crippen molar-refractivity contribution in [2.24, 2.45) is 0 Å². The molecule has 0 saturated carbocycles. The molecular weight excluding hydrogens is 442 g/mol. The molecule has 1 saturated heterocycles. The van der Waals surface area contributed by atoms with E-state index in [0.717, 1.165) is 10.9 Å². The number of fused-ring (bicyclic) bond motifs is 1. The van der Waals surface area contributed by atoms with E-state index in [-0.39, 0.29) is 17.2 Å². The van der Waals surface area contributed by atoms with Crippen LogP contribution in [-0.4, -0.2) is 41.2 Å². The van der Waals surface area contributed by atoms with Crippen LogP contribution < -0.4 is 15.0 Å². The first kappa shape index (κ1) is 22.2. The molecule has 2 amide bonds. The number of carbonyl (C=O) groups is 3. The van der Waals surface area contributed by atoms with E-state index in [2.05, 4.69) is 5.32 Å². The zero-order valence-corrected chi connectivity index (χ0v) is 18.8. The molecule has 1 aliphatic rings. The molecule has 33 heavy (non-hydrogen) atoms. The van der Waals surface area contributed by atoms with Gasteiger partial charge in [-0.05, 0) is 55.5 Å². The number of hydrogen-bond donors (Lipinski definition) is 1. The van der Waals surface area contributed by atoms with Gasteiger partial charge in [-0.15, -0.1) is 0 Å². The van der Waals surface area contributed by atoms with E-state index in [4.69, 9.17) is 21.7 Å². The summed E-state index contributed by atoms with van der Waals surface area (Å²) < 4.78 is 11.9. The average Bonchev–Trinajstić information content (AvgIpc) is 3.15. The van der Waals surface area contributed by atoms with E-state index in [1.807, 2.05) is 31.2 Å². The lowest BCUT2D eigenvalue weighted by atomic mass is 10.1. The van der Waals surface area contributed by atoms with Crippen LogP contribution in [0.25, 0.3) is 17.0 Å². The van der Waals surface area contributed by atoms with Crippen LogP contribution in [0.4, 0.5) is 5.69 Å². The quantitative estimate of drug-likeness (QED) is 0.262. The van der Waals surface area contributed by atoms with Crippen molar-refractivity contribution >= 4 is 57.8 Å². The van der Waals surface area contributed by atoms with Crippen molar-refractivity contribution in [3.8, 4) is 5.75 Å². The predicted octanol–water partition coefficient (Wildman–Crippen LogP) is 3.04. The maximum atomic E-state index is 13.3. The molecule has 0 unspecified atom stereocenters. The first-order valence-corrected chi connectivity index (χ1v) is 10.6. The van der Waals surface area contributed by atoms with E-state index in [0.29, 0.717) is 23.6 Å². The minimum Gasteiger partial charge on any atom is -0.494 e. The van der Waals surface area contributed by atoms with E-state index in [1.165, 1.54) is 18.1 Å². The van der Waals surface area contributed by atoms with Crippen LogP contribution in [0.3, 0.4) is 0 Å². The number of amides is 2. The molecule has 4 rings (SSSR count). The summed E-state index contributed by atoms with van der Waals surface area (Å²) in [4.78, 5) is 39.1. The van der Waals surface area contributed by atoms with Crippen LogP contribution in [-0.2, 0) is 25.7 Å². The highest BCUT2D eigenvalue weighted by Gasteiger charge is 2.34. The van der Waals surface area contributed by atoms with Gasteiger partial charge in [0.25, 0.3) is 11.8 Å². The number of para-hydroxylation sites is 1. The van der Waals surface area contributed by atoms with Gasteiger partial charge in [0.2, 0.25) is 0 Å². The lowest BCUT2D eigenvalue weighted by Crippen LogP contribution is -2.54. The molecule has 0 radical (unpaired) electrons. The van der Waals surface area contributed by atoms with E-state index in [1.54, 1.807) is 35.0 Å². The molecule has 0 aliphatic carbocycles. The Bertz CT molecular complexity index is 1290. The van der Waals surface area contributed by atoms with Gasteiger partial charge in [-0.1, -0.05) is 18.2 Å². The number of methoxy groups -OCH3 is 1. The normalized spacial score (nSPS) is 15.2. The summed E-state index contributed by atoms with van der Waals surface area (Å²) in [5.41, 5.74) is 1.83. The number of esters is 1. The molecule has 2 heterocycles. The Morgan fingerprint density at radius 2 is 1.85 bits per heavy atom. The highest BCUT2D eigenvalue weighted by molar-refractivity contribution is 7.80. The standard InChI is InChI=1S/C24H21N3O5S/c1-3-32-17-10-8-16(9-11-17)27-23(30)19(22(29)25-24(27)33)12-15-13-26(14-21(28)31-2)20-7-5-4-6-18(15)20/h4-13H,3,14H2,1-2H3,(H,25,29,33)/b19-12-. The number of anilines is 1. The topological polar surface area (TPSA) is 89.9 Å². The Balaban J connectivity index is 1.73. The van der Waals surface area contributed by atoms with E-state index < -0.39 is 17.8 Å². The first-order chi connectivity index (χ1) is 15.9. The zero-order valence-electron chi connectivity index (χ0n) is 18.0. The van der Waals surface area contributed by atoms with Crippen LogP contribution >= 0.6 is 12.2 Å². The van der Waals surface area contributed by atoms with Crippen molar-refractivity contribution in [3.63, 3.8) is 0 Å². The predicted molar refractivity (Wildman–Crippen MR) is 128 cm³/mol. The molecule has 9 heteroatoms. The number of thiocarbonyl (C=S) groups is 1. The zero-order chi connectivity index (χ0) is 23.5. The van der Waals surface area contributed by atoms with Gasteiger partial charge in [-0.3, -0.25) is 24.6 Å². The number of ether oxygens (including phenoxy) is 2. The van der Waals surface area contributed by atoms with Crippen molar-refractivity contribution in [3.05, 3.63) is 65.9 Å². The van der Waals surface area contributed by atoms with Gasteiger partial charge in [0, 0.05) is 22.7 Å². The lowest BCUT2D eigenvalue weighted by molar-refractivity contribution is -0.141. The molecule has 1 aliphatic heterocycles. The fraction of sp³-hybridized carbons (Fsp3) is 0.167. The maximum Gasteiger partial charge on any atom is 0.325 e. The number of hydrogen-bond acceptors (Lipinski definition) is 6. The Morgan fingerprint density at radius 3 is 2.55 bits per heavy atom. The van der Waals surface area contributed by atoms with Crippen LogP contribution in [0.15, 0.2) is 60.3 Å².